The quantitative estimate of drug-likeness (QED) is 0.741. The number of hydrogen-bond donors (Lipinski definition) is 1. The molecule has 0 unspecified atom stereocenters. The molecule has 0 amide bonds. The third-order valence-corrected chi connectivity index (χ3v) is 1.70. The number of nitrogens with zero attached hydrogens (tertiary/aromatic N) is 1. The lowest BCUT2D eigenvalue weighted by Crippen LogP contribution is -2.10. The fourth-order valence-corrected chi connectivity index (χ4v) is 1.18. The smallest absolute Gasteiger partial charge is 0.0392 e. The Morgan fingerprint density at radius 2 is 1.69 bits per heavy atom. The molecule has 2 nitrogen and oxygen atoms in total. The van der Waals surface area contributed by atoms with Crippen molar-refractivity contribution in [1.29, 1.82) is 0 Å². The molecule has 0 saturated carbocycles. The molecule has 0 aliphatic heterocycles. The summed E-state index contributed by atoms with van der Waals surface area (Å²) in [5.74, 6) is 0. The molecule has 0 heterocycles. The topological polar surface area (TPSA) is 29.3 Å². The molecule has 0 aromatic heterocycles. The zero-order valence-corrected chi connectivity index (χ0v) is 9.71. The van der Waals surface area contributed by atoms with E-state index in [9.17, 15) is 0 Å². The van der Waals surface area contributed by atoms with Crippen molar-refractivity contribution in [2.24, 2.45) is 0 Å². The molecule has 2 N–H and O–H groups in total. The van der Waals surface area contributed by atoms with Crippen molar-refractivity contribution in [3.8, 4) is 0 Å². The summed E-state index contributed by atoms with van der Waals surface area (Å²) in [6.07, 6.45) is 0. The Bertz CT molecular complexity index is 262. The minimum atomic E-state index is 0. The zero-order valence-electron chi connectivity index (χ0n) is 8.07. The maximum absolute atomic E-state index is 5.61. The number of aryl methyl sites for hydroxylation is 1. The molecule has 0 aliphatic carbocycles. The van der Waals surface area contributed by atoms with Gasteiger partial charge in [0.2, 0.25) is 0 Å². The molecule has 4 heteroatoms. The maximum Gasteiger partial charge on any atom is 0.0392 e. The van der Waals surface area contributed by atoms with Crippen molar-refractivity contribution < 1.29 is 0 Å². The van der Waals surface area contributed by atoms with Gasteiger partial charge >= 0.3 is 0 Å². The number of rotatable bonds is 1. The van der Waals surface area contributed by atoms with Gasteiger partial charge in [-0.1, -0.05) is 0 Å². The third kappa shape index (κ3) is 3.75. The third-order valence-electron chi connectivity index (χ3n) is 1.70. The fraction of sp³-hybridized carbons (Fsp3) is 0.333. The number of nitrogens with two attached hydrogens (primary N) is 1. The molecule has 1 aromatic rings. The van der Waals surface area contributed by atoms with Crippen molar-refractivity contribution in [1.82, 2.24) is 0 Å². The number of nitrogen functional groups attached to an aromatic ring is 1. The molecule has 1 rings (SSSR count). The highest BCUT2D eigenvalue weighted by Gasteiger charge is 1.98. The Labute approximate surface area is 91.9 Å². The number of halogens is 2. The molecule has 13 heavy (non-hydrogen) atoms. The van der Waals surface area contributed by atoms with E-state index in [4.69, 9.17) is 5.73 Å². The van der Waals surface area contributed by atoms with Crippen LogP contribution >= 0.6 is 24.8 Å². The summed E-state index contributed by atoms with van der Waals surface area (Å²) in [5, 5.41) is 0. The lowest BCUT2D eigenvalue weighted by atomic mass is 10.2. The predicted octanol–water partition coefficient (Wildman–Crippen LogP) is 2.49. The summed E-state index contributed by atoms with van der Waals surface area (Å²) in [6.45, 7) is 2.06. The van der Waals surface area contributed by atoms with E-state index in [0.717, 1.165) is 5.69 Å². The van der Waals surface area contributed by atoms with E-state index in [1.54, 1.807) is 0 Å². The summed E-state index contributed by atoms with van der Waals surface area (Å²) in [7, 11) is 4.05. The molecule has 0 radical (unpaired) electrons. The van der Waals surface area contributed by atoms with Crippen LogP contribution in [0.5, 0.6) is 0 Å². The van der Waals surface area contributed by atoms with Gasteiger partial charge in [0.25, 0.3) is 0 Å². The van der Waals surface area contributed by atoms with E-state index in [1.807, 2.05) is 32.3 Å². The van der Waals surface area contributed by atoms with E-state index in [-0.39, 0.29) is 24.8 Å². The molecule has 0 bridgehead atoms. The first-order valence-electron chi connectivity index (χ1n) is 3.64. The van der Waals surface area contributed by atoms with Crippen molar-refractivity contribution in [2.75, 3.05) is 24.7 Å². The van der Waals surface area contributed by atoms with Gasteiger partial charge in [-0.25, -0.2) is 0 Å². The first-order valence-corrected chi connectivity index (χ1v) is 3.64. The second-order valence-corrected chi connectivity index (χ2v) is 2.94. The normalized spacial score (nSPS) is 8.23. The van der Waals surface area contributed by atoms with E-state index in [1.165, 1.54) is 11.3 Å². The second-order valence-electron chi connectivity index (χ2n) is 2.94. The molecule has 0 aliphatic rings. The van der Waals surface area contributed by atoms with Crippen LogP contribution in [0.15, 0.2) is 18.2 Å². The molecular weight excluding hydrogens is 207 g/mol. The van der Waals surface area contributed by atoms with Crippen LogP contribution in [0.25, 0.3) is 0 Å². The van der Waals surface area contributed by atoms with Crippen molar-refractivity contribution in [2.45, 2.75) is 6.92 Å². The predicted molar refractivity (Wildman–Crippen MR) is 64.4 cm³/mol. The van der Waals surface area contributed by atoms with Crippen LogP contribution in [0.1, 0.15) is 5.56 Å². The van der Waals surface area contributed by atoms with Crippen molar-refractivity contribution in [3.05, 3.63) is 23.8 Å². The molecule has 0 fully saturated rings. The van der Waals surface area contributed by atoms with Crippen molar-refractivity contribution in [3.63, 3.8) is 0 Å². The monoisotopic (exact) mass is 222 g/mol. The fourth-order valence-electron chi connectivity index (χ4n) is 1.18. The van der Waals surface area contributed by atoms with Crippen LogP contribution < -0.4 is 10.6 Å². The zero-order chi connectivity index (χ0) is 8.43. The van der Waals surface area contributed by atoms with Gasteiger partial charge in [0.1, 0.15) is 0 Å². The average Bonchev–Trinajstić information content (AvgIpc) is 1.85. The summed E-state index contributed by atoms with van der Waals surface area (Å²) in [6, 6.07) is 5.93. The van der Waals surface area contributed by atoms with E-state index in [2.05, 4.69) is 11.8 Å². The van der Waals surface area contributed by atoms with E-state index < -0.39 is 0 Å². The SMILES string of the molecule is Cc1cc(N)ccc1N(C)C.Cl.Cl. The highest BCUT2D eigenvalue weighted by Crippen LogP contribution is 2.19. The molecule has 0 atom stereocenters. The van der Waals surface area contributed by atoms with Gasteiger partial charge in [-0.05, 0) is 30.7 Å². The molecule has 76 valence electrons. The van der Waals surface area contributed by atoms with Crippen molar-refractivity contribution >= 4 is 36.2 Å². The minimum absolute atomic E-state index is 0. The molecule has 0 saturated heterocycles. The van der Waals surface area contributed by atoms with E-state index in [0.29, 0.717) is 0 Å². The standard InChI is InChI=1S/C9H14N2.2ClH/c1-7-6-8(10)4-5-9(7)11(2)3;;/h4-6H,10H2,1-3H3;2*1H. The van der Waals surface area contributed by atoms with Gasteiger partial charge < -0.3 is 10.6 Å². The Morgan fingerprint density at radius 3 is 2.08 bits per heavy atom. The lowest BCUT2D eigenvalue weighted by molar-refractivity contribution is 1.11. The summed E-state index contributed by atoms with van der Waals surface area (Å²) >= 11 is 0. The second kappa shape index (κ2) is 5.95. The van der Waals surface area contributed by atoms with Crippen LogP contribution in [-0.4, -0.2) is 14.1 Å². The Hall–Kier alpha value is -0.600. The Balaban J connectivity index is 0. The van der Waals surface area contributed by atoms with Gasteiger partial charge in [-0.15, -0.1) is 24.8 Å². The molecular formula is C9H16Cl2N2. The number of anilines is 2. The largest absolute Gasteiger partial charge is 0.399 e. The minimum Gasteiger partial charge on any atom is -0.399 e. The molecule has 0 spiro atoms. The summed E-state index contributed by atoms with van der Waals surface area (Å²) in [4.78, 5) is 2.08. The summed E-state index contributed by atoms with van der Waals surface area (Å²) < 4.78 is 0. The highest BCUT2D eigenvalue weighted by molar-refractivity contribution is 5.85. The first-order chi connectivity index (χ1) is 5.11. The van der Waals surface area contributed by atoms with Crippen LogP contribution in [0, 0.1) is 6.92 Å². The number of benzene rings is 1. The van der Waals surface area contributed by atoms with Gasteiger partial charge in [-0.2, -0.15) is 0 Å². The first kappa shape index (κ1) is 14.9. The van der Waals surface area contributed by atoms with E-state index >= 15 is 0 Å². The van der Waals surface area contributed by atoms with Crippen LogP contribution in [0.3, 0.4) is 0 Å². The van der Waals surface area contributed by atoms with Gasteiger partial charge in [0.05, 0.1) is 0 Å². The van der Waals surface area contributed by atoms with Gasteiger partial charge in [-0.3, -0.25) is 0 Å². The summed E-state index contributed by atoms with van der Waals surface area (Å²) in [5.41, 5.74) is 8.88. The van der Waals surface area contributed by atoms with Crippen LogP contribution in [0.2, 0.25) is 0 Å². The average molecular weight is 223 g/mol. The van der Waals surface area contributed by atoms with Crippen LogP contribution in [-0.2, 0) is 0 Å². The highest BCUT2D eigenvalue weighted by atomic mass is 35.5. The lowest BCUT2D eigenvalue weighted by Gasteiger charge is -2.15. The Kier molecular flexibility index (Phi) is 6.82. The maximum atomic E-state index is 5.61. The van der Waals surface area contributed by atoms with Gasteiger partial charge in [0, 0.05) is 25.5 Å². The van der Waals surface area contributed by atoms with Crippen LogP contribution in [0.4, 0.5) is 11.4 Å². The number of hydrogen-bond acceptors (Lipinski definition) is 2. The van der Waals surface area contributed by atoms with Gasteiger partial charge in [0.15, 0.2) is 0 Å². The Morgan fingerprint density at radius 1 is 1.15 bits per heavy atom. The molecule has 1 aromatic carbocycles.